The van der Waals surface area contributed by atoms with Crippen molar-refractivity contribution < 1.29 is 22.8 Å². The molecule has 1 heterocycles. The highest BCUT2D eigenvalue weighted by Gasteiger charge is 2.31. The zero-order chi connectivity index (χ0) is 17.2. The Morgan fingerprint density at radius 3 is 2.70 bits per heavy atom. The predicted molar refractivity (Wildman–Crippen MR) is 81.1 cm³/mol. The average molecular weight is 358 g/mol. The van der Waals surface area contributed by atoms with Crippen molar-refractivity contribution in [1.82, 2.24) is 4.98 Å². The van der Waals surface area contributed by atoms with Gasteiger partial charge in [-0.05, 0) is 18.2 Å². The van der Waals surface area contributed by atoms with Crippen LogP contribution in [0.2, 0.25) is 0 Å². The van der Waals surface area contributed by atoms with Crippen LogP contribution in [0.4, 0.5) is 13.2 Å². The predicted octanol–water partition coefficient (Wildman–Crippen LogP) is 3.77. The first-order chi connectivity index (χ1) is 10.7. The molecule has 1 aromatic heterocycles. The maximum absolute atomic E-state index is 12.7. The Bertz CT molecular complexity index is 808. The average Bonchev–Trinajstić information content (AvgIpc) is 2.87. The second kappa shape index (κ2) is 6.68. The molecule has 1 aromatic carbocycles. The van der Waals surface area contributed by atoms with E-state index >= 15 is 0 Å². The molecule has 0 aliphatic carbocycles. The van der Waals surface area contributed by atoms with Crippen LogP contribution in [0.3, 0.4) is 0 Å². The van der Waals surface area contributed by atoms with Gasteiger partial charge in [-0.25, -0.2) is 4.98 Å². The van der Waals surface area contributed by atoms with Gasteiger partial charge in [0.25, 0.3) is 0 Å². The number of nitrogens with zero attached hydrogens (tertiary/aromatic N) is 2. The van der Waals surface area contributed by atoms with E-state index in [9.17, 15) is 22.8 Å². The number of nitriles is 1. The van der Waals surface area contributed by atoms with E-state index in [4.69, 9.17) is 5.26 Å². The molecule has 0 aliphatic rings. The zero-order valence-corrected chi connectivity index (χ0v) is 13.3. The molecule has 0 bridgehead atoms. The van der Waals surface area contributed by atoms with Crippen molar-refractivity contribution in [1.29, 1.82) is 5.26 Å². The molecular formula is C14H9F3N2O2S2. The lowest BCUT2D eigenvalue weighted by atomic mass is 10.1. The number of thiazole rings is 1. The third kappa shape index (κ3) is 4.09. The van der Waals surface area contributed by atoms with Crippen molar-refractivity contribution in [3.8, 4) is 6.07 Å². The lowest BCUT2D eigenvalue weighted by molar-refractivity contribution is -0.137. The summed E-state index contributed by atoms with van der Waals surface area (Å²) < 4.78 is 38.3. The van der Waals surface area contributed by atoms with Crippen molar-refractivity contribution in [2.45, 2.75) is 19.0 Å². The molecular weight excluding hydrogens is 349 g/mol. The fraction of sp³-hybridized carbons (Fsp3) is 0.286. The lowest BCUT2D eigenvalue weighted by Gasteiger charge is -2.04. The SMILES string of the molecule is CC(=O)SCC(=O)C(C#N)c1nc2ccc(C(F)(F)F)cc2s1. The Hall–Kier alpha value is -1.92. The number of carbonyl (C=O) groups excluding carboxylic acids is 2. The van der Waals surface area contributed by atoms with Crippen LogP contribution >= 0.6 is 23.1 Å². The lowest BCUT2D eigenvalue weighted by Crippen LogP contribution is -2.13. The summed E-state index contributed by atoms with van der Waals surface area (Å²) in [4.78, 5) is 26.9. The number of hydrogen-bond donors (Lipinski definition) is 0. The molecule has 0 amide bonds. The van der Waals surface area contributed by atoms with Gasteiger partial charge in [-0.2, -0.15) is 18.4 Å². The molecule has 2 rings (SSSR count). The third-order valence-corrected chi connectivity index (χ3v) is 4.77. The molecule has 0 radical (unpaired) electrons. The summed E-state index contributed by atoms with van der Waals surface area (Å²) in [6.07, 6.45) is -4.47. The van der Waals surface area contributed by atoms with Crippen LogP contribution in [0.25, 0.3) is 10.2 Å². The highest BCUT2D eigenvalue weighted by atomic mass is 32.2. The first-order valence-electron chi connectivity index (χ1n) is 6.25. The number of hydrogen-bond acceptors (Lipinski definition) is 6. The second-order valence-corrected chi connectivity index (χ2v) is 6.76. The minimum absolute atomic E-state index is 0.135. The smallest absolute Gasteiger partial charge is 0.297 e. The number of rotatable bonds is 4. The monoisotopic (exact) mass is 358 g/mol. The summed E-state index contributed by atoms with van der Waals surface area (Å²) in [6, 6.07) is 4.86. The van der Waals surface area contributed by atoms with Crippen LogP contribution in [0.5, 0.6) is 0 Å². The van der Waals surface area contributed by atoms with Crippen molar-refractivity contribution in [2.75, 3.05) is 5.75 Å². The van der Waals surface area contributed by atoms with Crippen LogP contribution in [-0.4, -0.2) is 21.6 Å². The quantitative estimate of drug-likeness (QED) is 0.832. The molecule has 9 heteroatoms. The van der Waals surface area contributed by atoms with Gasteiger partial charge in [-0.3, -0.25) is 9.59 Å². The molecule has 1 atom stereocenters. The highest BCUT2D eigenvalue weighted by Crippen LogP contribution is 2.34. The Morgan fingerprint density at radius 2 is 2.13 bits per heavy atom. The summed E-state index contributed by atoms with van der Waals surface area (Å²) >= 11 is 1.65. The summed E-state index contributed by atoms with van der Waals surface area (Å²) in [6.45, 7) is 1.30. The maximum atomic E-state index is 12.7. The van der Waals surface area contributed by atoms with Gasteiger partial charge in [0.05, 0.1) is 27.6 Å². The molecule has 4 nitrogen and oxygen atoms in total. The fourth-order valence-electron chi connectivity index (χ4n) is 1.76. The van der Waals surface area contributed by atoms with Crippen molar-refractivity contribution >= 4 is 44.2 Å². The van der Waals surface area contributed by atoms with E-state index in [0.29, 0.717) is 5.52 Å². The zero-order valence-electron chi connectivity index (χ0n) is 11.7. The molecule has 0 saturated carbocycles. The molecule has 120 valence electrons. The number of ketones is 1. The molecule has 0 spiro atoms. The van der Waals surface area contributed by atoms with E-state index in [2.05, 4.69) is 4.98 Å². The van der Waals surface area contributed by atoms with Crippen LogP contribution in [0.15, 0.2) is 18.2 Å². The molecule has 2 aromatic rings. The van der Waals surface area contributed by atoms with Gasteiger partial charge in [0.1, 0.15) is 5.01 Å². The van der Waals surface area contributed by atoms with Crippen molar-refractivity contribution in [3.63, 3.8) is 0 Å². The number of carbonyl (C=O) groups is 2. The topological polar surface area (TPSA) is 70.8 Å². The number of fused-ring (bicyclic) bond motifs is 1. The van der Waals surface area contributed by atoms with E-state index in [1.165, 1.54) is 13.0 Å². The normalized spacial score (nSPS) is 12.8. The Kier molecular flexibility index (Phi) is 5.06. The van der Waals surface area contributed by atoms with Crippen LogP contribution in [0.1, 0.15) is 23.4 Å². The van der Waals surface area contributed by atoms with E-state index in [0.717, 1.165) is 35.2 Å². The van der Waals surface area contributed by atoms with Crippen LogP contribution < -0.4 is 0 Å². The Balaban J connectivity index is 2.33. The van der Waals surface area contributed by atoms with Gasteiger partial charge >= 0.3 is 6.18 Å². The van der Waals surface area contributed by atoms with E-state index < -0.39 is 23.4 Å². The highest BCUT2D eigenvalue weighted by molar-refractivity contribution is 8.14. The summed E-state index contributed by atoms with van der Waals surface area (Å²) in [7, 11) is 0. The first-order valence-corrected chi connectivity index (χ1v) is 8.06. The van der Waals surface area contributed by atoms with E-state index in [-0.39, 0.29) is 20.6 Å². The van der Waals surface area contributed by atoms with Gasteiger partial charge in [-0.1, -0.05) is 11.8 Å². The second-order valence-electron chi connectivity index (χ2n) is 4.54. The molecule has 0 saturated heterocycles. The third-order valence-electron chi connectivity index (χ3n) is 2.85. The van der Waals surface area contributed by atoms with Crippen LogP contribution in [0, 0.1) is 11.3 Å². The summed E-state index contributed by atoms with van der Waals surface area (Å²) in [5.41, 5.74) is -0.516. The number of thioether (sulfide) groups is 1. The number of alkyl halides is 3. The van der Waals surface area contributed by atoms with E-state index in [1.54, 1.807) is 6.07 Å². The van der Waals surface area contributed by atoms with E-state index in [1.807, 2.05) is 0 Å². The number of benzene rings is 1. The molecule has 1 unspecified atom stereocenters. The minimum atomic E-state index is -4.47. The Labute approximate surface area is 137 Å². The Morgan fingerprint density at radius 1 is 1.43 bits per heavy atom. The number of Topliss-reactive ketones (excluding diaryl/α,β-unsaturated/α-hetero) is 1. The minimum Gasteiger partial charge on any atom is -0.297 e. The van der Waals surface area contributed by atoms with Gasteiger partial charge in [0, 0.05) is 6.92 Å². The summed E-state index contributed by atoms with van der Waals surface area (Å²) in [5, 5.41) is 9.03. The molecule has 0 N–H and O–H groups in total. The largest absolute Gasteiger partial charge is 0.416 e. The van der Waals surface area contributed by atoms with Gasteiger partial charge in [-0.15, -0.1) is 11.3 Å². The fourth-order valence-corrected chi connectivity index (χ4v) is 3.35. The van der Waals surface area contributed by atoms with Crippen molar-refractivity contribution in [3.05, 3.63) is 28.8 Å². The van der Waals surface area contributed by atoms with Gasteiger partial charge < -0.3 is 0 Å². The van der Waals surface area contributed by atoms with Crippen LogP contribution in [-0.2, 0) is 15.8 Å². The van der Waals surface area contributed by atoms with Gasteiger partial charge in [0.2, 0.25) is 0 Å². The molecule has 23 heavy (non-hydrogen) atoms. The number of aromatic nitrogens is 1. The standard InChI is InChI=1S/C14H9F3N2O2S2/c1-7(20)22-6-11(21)9(5-18)13-19-10-3-2-8(14(15,16)17)4-12(10)23-13/h2-4,9H,6H2,1H3. The summed E-state index contributed by atoms with van der Waals surface area (Å²) in [5.74, 6) is -1.85. The number of halogens is 3. The van der Waals surface area contributed by atoms with Gasteiger partial charge in [0.15, 0.2) is 16.8 Å². The van der Waals surface area contributed by atoms with Crippen molar-refractivity contribution in [2.24, 2.45) is 0 Å². The molecule has 0 aliphatic heterocycles. The first kappa shape index (κ1) is 17.4. The maximum Gasteiger partial charge on any atom is 0.416 e. The molecule has 0 fully saturated rings.